The van der Waals surface area contributed by atoms with E-state index in [2.05, 4.69) is 6.08 Å². The maximum atomic E-state index is 9.78. The fourth-order valence-electron chi connectivity index (χ4n) is 1.12. The van der Waals surface area contributed by atoms with Crippen LogP contribution < -0.4 is 0 Å². The van der Waals surface area contributed by atoms with Crippen molar-refractivity contribution in [2.24, 2.45) is 0 Å². The Morgan fingerprint density at radius 1 is 1.46 bits per heavy atom. The van der Waals surface area contributed by atoms with Crippen molar-refractivity contribution in [2.45, 2.75) is 52.1 Å². The maximum Gasteiger partial charge on any atom is 0.0632 e. The zero-order chi connectivity index (χ0) is 10.3. The largest absolute Gasteiger partial charge is 0.390 e. The number of nitriles is 1. The van der Waals surface area contributed by atoms with E-state index in [-0.39, 0.29) is 0 Å². The average Bonchev–Trinajstić information content (AvgIpc) is 2.00. The Hall–Kier alpha value is -0.810. The van der Waals surface area contributed by atoms with E-state index >= 15 is 0 Å². The molecule has 0 rings (SSSR count). The lowest BCUT2D eigenvalue weighted by molar-refractivity contribution is 0.0444. The van der Waals surface area contributed by atoms with Crippen molar-refractivity contribution < 1.29 is 5.11 Å². The van der Waals surface area contributed by atoms with Gasteiger partial charge in [-0.3, -0.25) is 0 Å². The van der Waals surface area contributed by atoms with E-state index < -0.39 is 5.60 Å². The molecule has 0 heterocycles. The number of hydrogen-bond donors (Lipinski definition) is 1. The number of rotatable bonds is 5. The van der Waals surface area contributed by atoms with E-state index in [1.165, 1.54) is 5.57 Å². The molecule has 0 aromatic rings. The Morgan fingerprint density at radius 2 is 2.08 bits per heavy atom. The summed E-state index contributed by atoms with van der Waals surface area (Å²) in [5.41, 5.74) is 0.595. The molecular weight excluding hydrogens is 162 g/mol. The first-order valence-corrected chi connectivity index (χ1v) is 4.70. The van der Waals surface area contributed by atoms with Gasteiger partial charge < -0.3 is 5.11 Å². The molecule has 0 saturated heterocycles. The number of hydrogen-bond acceptors (Lipinski definition) is 2. The zero-order valence-corrected chi connectivity index (χ0v) is 8.80. The third-order valence-corrected chi connectivity index (χ3v) is 2.01. The Balaban J connectivity index is 3.76. The third-order valence-electron chi connectivity index (χ3n) is 2.01. The molecule has 0 aromatic heterocycles. The lowest BCUT2D eigenvalue weighted by atomic mass is 9.94. The minimum Gasteiger partial charge on any atom is -0.390 e. The van der Waals surface area contributed by atoms with Gasteiger partial charge in [-0.25, -0.2) is 0 Å². The molecular formula is C11H19NO. The van der Waals surface area contributed by atoms with Gasteiger partial charge in [-0.15, -0.1) is 0 Å². The second-order valence-electron chi connectivity index (χ2n) is 3.98. The summed E-state index contributed by atoms with van der Waals surface area (Å²) in [6.45, 7) is 5.89. The summed E-state index contributed by atoms with van der Waals surface area (Å²) < 4.78 is 0. The van der Waals surface area contributed by atoms with Gasteiger partial charge in [-0.2, -0.15) is 5.26 Å². The van der Waals surface area contributed by atoms with Crippen LogP contribution in [0.15, 0.2) is 11.6 Å². The van der Waals surface area contributed by atoms with Gasteiger partial charge in [0.15, 0.2) is 0 Å². The minimum atomic E-state index is -0.679. The molecule has 2 heteroatoms. The first kappa shape index (κ1) is 12.2. The van der Waals surface area contributed by atoms with Crippen LogP contribution in [0.5, 0.6) is 0 Å². The van der Waals surface area contributed by atoms with Crippen LogP contribution >= 0.6 is 0 Å². The van der Waals surface area contributed by atoms with Gasteiger partial charge in [0.1, 0.15) is 0 Å². The van der Waals surface area contributed by atoms with E-state index in [9.17, 15) is 5.11 Å². The van der Waals surface area contributed by atoms with Crippen LogP contribution in [0.3, 0.4) is 0 Å². The molecule has 0 aliphatic rings. The van der Waals surface area contributed by atoms with Crippen LogP contribution in [-0.4, -0.2) is 10.7 Å². The van der Waals surface area contributed by atoms with Gasteiger partial charge in [-0.1, -0.05) is 11.6 Å². The first-order valence-electron chi connectivity index (χ1n) is 4.70. The molecule has 0 amide bonds. The molecule has 0 saturated carbocycles. The smallest absolute Gasteiger partial charge is 0.0632 e. The van der Waals surface area contributed by atoms with Crippen LogP contribution in [0.1, 0.15) is 46.5 Å². The quantitative estimate of drug-likeness (QED) is 0.663. The molecule has 0 aliphatic carbocycles. The Labute approximate surface area is 80.9 Å². The van der Waals surface area contributed by atoms with Crippen molar-refractivity contribution >= 4 is 0 Å². The number of allylic oxidation sites excluding steroid dienone is 2. The summed E-state index contributed by atoms with van der Waals surface area (Å²) in [5.74, 6) is 0. The van der Waals surface area contributed by atoms with Crippen LogP contribution in [0.2, 0.25) is 0 Å². The molecule has 1 atom stereocenters. The molecule has 0 radical (unpaired) electrons. The van der Waals surface area contributed by atoms with Gasteiger partial charge in [0.25, 0.3) is 0 Å². The second-order valence-corrected chi connectivity index (χ2v) is 3.98. The molecule has 0 aromatic carbocycles. The lowest BCUT2D eigenvalue weighted by Crippen LogP contribution is -2.23. The van der Waals surface area contributed by atoms with Gasteiger partial charge >= 0.3 is 0 Å². The molecule has 0 aliphatic heterocycles. The van der Waals surface area contributed by atoms with Crippen LogP contribution in [0, 0.1) is 11.3 Å². The average molecular weight is 181 g/mol. The van der Waals surface area contributed by atoms with Gasteiger partial charge in [0.2, 0.25) is 0 Å². The fraction of sp³-hybridized carbons (Fsp3) is 0.727. The van der Waals surface area contributed by atoms with E-state index in [0.717, 1.165) is 12.8 Å². The molecule has 0 bridgehead atoms. The summed E-state index contributed by atoms with van der Waals surface area (Å²) in [7, 11) is 0. The van der Waals surface area contributed by atoms with Crippen molar-refractivity contribution in [3.05, 3.63) is 11.6 Å². The summed E-state index contributed by atoms with van der Waals surface area (Å²) >= 11 is 0. The molecule has 2 nitrogen and oxygen atoms in total. The van der Waals surface area contributed by atoms with Crippen molar-refractivity contribution in [1.82, 2.24) is 0 Å². The first-order chi connectivity index (χ1) is 5.98. The third kappa shape index (κ3) is 7.55. The van der Waals surface area contributed by atoms with E-state index in [1.807, 2.05) is 19.9 Å². The molecule has 0 spiro atoms. The summed E-state index contributed by atoms with van der Waals surface area (Å²) in [6, 6.07) is 2.05. The SMILES string of the molecule is CC(C)=CCC[C@@](C)(O)CCC#N. The van der Waals surface area contributed by atoms with Crippen molar-refractivity contribution in [1.29, 1.82) is 5.26 Å². The van der Waals surface area contributed by atoms with Gasteiger partial charge in [0, 0.05) is 6.42 Å². The summed E-state index contributed by atoms with van der Waals surface area (Å²) in [4.78, 5) is 0. The highest BCUT2D eigenvalue weighted by atomic mass is 16.3. The zero-order valence-electron chi connectivity index (χ0n) is 8.80. The van der Waals surface area contributed by atoms with Crippen LogP contribution in [0.25, 0.3) is 0 Å². The minimum absolute atomic E-state index is 0.432. The number of aliphatic hydroxyl groups is 1. The highest BCUT2D eigenvalue weighted by Crippen LogP contribution is 2.18. The molecule has 0 unspecified atom stereocenters. The summed E-state index contributed by atoms with van der Waals surface area (Å²) in [6.07, 6.45) is 4.74. The van der Waals surface area contributed by atoms with Crippen LogP contribution in [0.4, 0.5) is 0 Å². The maximum absolute atomic E-state index is 9.78. The fourth-order valence-corrected chi connectivity index (χ4v) is 1.12. The molecule has 0 fully saturated rings. The Bertz CT molecular complexity index is 207. The van der Waals surface area contributed by atoms with Crippen molar-refractivity contribution in [3.63, 3.8) is 0 Å². The van der Waals surface area contributed by atoms with E-state index in [1.54, 1.807) is 6.92 Å². The molecule has 74 valence electrons. The monoisotopic (exact) mass is 181 g/mol. The van der Waals surface area contributed by atoms with Crippen LogP contribution in [-0.2, 0) is 0 Å². The standard InChI is InChI=1S/C11H19NO/c1-10(2)6-4-7-11(3,13)8-5-9-12/h6,13H,4-5,7-8H2,1-3H3/t11-/m1/s1. The van der Waals surface area contributed by atoms with Gasteiger partial charge in [-0.05, 0) is 40.0 Å². The number of nitrogens with zero attached hydrogens (tertiary/aromatic N) is 1. The van der Waals surface area contributed by atoms with E-state index in [0.29, 0.717) is 12.8 Å². The van der Waals surface area contributed by atoms with E-state index in [4.69, 9.17) is 5.26 Å². The normalized spacial score (nSPS) is 14.4. The lowest BCUT2D eigenvalue weighted by Gasteiger charge is -2.20. The highest BCUT2D eigenvalue weighted by Gasteiger charge is 2.18. The second kappa shape index (κ2) is 5.77. The Kier molecular flexibility index (Phi) is 5.41. The predicted molar refractivity (Wildman–Crippen MR) is 54.1 cm³/mol. The predicted octanol–water partition coefficient (Wildman–Crippen LogP) is 2.79. The molecule has 13 heavy (non-hydrogen) atoms. The van der Waals surface area contributed by atoms with Crippen molar-refractivity contribution in [2.75, 3.05) is 0 Å². The topological polar surface area (TPSA) is 44.0 Å². The van der Waals surface area contributed by atoms with Crippen molar-refractivity contribution in [3.8, 4) is 6.07 Å². The Morgan fingerprint density at radius 3 is 2.54 bits per heavy atom. The highest BCUT2D eigenvalue weighted by molar-refractivity contribution is 4.94. The molecule has 1 N–H and O–H groups in total. The summed E-state index contributed by atoms with van der Waals surface area (Å²) in [5, 5.41) is 18.1. The van der Waals surface area contributed by atoms with Gasteiger partial charge in [0.05, 0.1) is 11.7 Å².